The Morgan fingerprint density at radius 1 is 1.33 bits per heavy atom. The summed E-state index contributed by atoms with van der Waals surface area (Å²) in [7, 11) is 0. The molecule has 0 saturated heterocycles. The van der Waals surface area contributed by atoms with E-state index in [0.29, 0.717) is 19.4 Å². The number of carbonyl (C=O) groups excluding carboxylic acids is 1. The molecule has 0 aromatic carbocycles. The second kappa shape index (κ2) is 10.3. The topological polar surface area (TPSA) is 235 Å². The highest BCUT2D eigenvalue weighted by Gasteiger charge is 2.38. The number of rotatable bonds is 7. The van der Waals surface area contributed by atoms with Crippen LogP contribution in [0.4, 0.5) is 0 Å². The van der Waals surface area contributed by atoms with Crippen LogP contribution in [-0.4, -0.2) is 74.8 Å². The third-order valence-corrected chi connectivity index (χ3v) is 2.76. The molecule has 138 valence electrons. The first-order valence-corrected chi connectivity index (χ1v) is 6.77. The van der Waals surface area contributed by atoms with Gasteiger partial charge in [-0.25, -0.2) is 4.79 Å². The van der Waals surface area contributed by atoms with Gasteiger partial charge in [0.2, 0.25) is 5.76 Å². The molecule has 1 aliphatic heterocycles. The van der Waals surface area contributed by atoms with E-state index in [2.05, 4.69) is 9.73 Å². The lowest BCUT2D eigenvalue weighted by atomic mass is 10.2. The largest absolute Gasteiger partial charge is 0.505 e. The number of aliphatic imine (C=N–C) groups is 1. The lowest BCUT2D eigenvalue weighted by Gasteiger charge is -2.13. The number of nitrogens with two attached hydrogens (primary N) is 3. The van der Waals surface area contributed by atoms with E-state index in [1.165, 1.54) is 0 Å². The fraction of sp³-hybridized carbons (Fsp3) is 0.583. The predicted molar refractivity (Wildman–Crippen MR) is 80.8 cm³/mol. The standard InChI is InChI=1S/C6H14N4O2.C6H8O6/c7-4(5(11)12)2-1-3-10-6(8)9;7-1-2(8)5-3(9)4(10)6(11)12-5/h4H,1-3,7H2,(H,11,12)(H4,8,9,10);2,5,7-10H,1H2/t4-;2-,5+/m00/s1. The number of ether oxygens (including phenoxy) is 1. The number of guanidine groups is 1. The quantitative estimate of drug-likeness (QED) is 0.0999. The summed E-state index contributed by atoms with van der Waals surface area (Å²) in [5.74, 6) is -3.77. The van der Waals surface area contributed by atoms with Crippen LogP contribution in [-0.2, 0) is 14.3 Å². The summed E-state index contributed by atoms with van der Waals surface area (Å²) in [5.41, 5.74) is 15.3. The van der Waals surface area contributed by atoms with Crippen LogP contribution in [0.1, 0.15) is 12.8 Å². The van der Waals surface area contributed by atoms with Crippen molar-refractivity contribution < 1.29 is 39.9 Å². The Kier molecular flexibility index (Phi) is 9.15. The lowest BCUT2D eigenvalue weighted by molar-refractivity contribution is -0.147. The summed E-state index contributed by atoms with van der Waals surface area (Å²) in [6.07, 6.45) is -1.82. The Hall–Kier alpha value is -2.57. The summed E-state index contributed by atoms with van der Waals surface area (Å²) in [4.78, 5) is 24.4. The Bertz CT molecular complexity index is 503. The molecule has 11 N–H and O–H groups in total. The van der Waals surface area contributed by atoms with Gasteiger partial charge in [0.05, 0.1) is 6.61 Å². The molecule has 0 amide bonds. The number of carboxylic acids is 1. The highest BCUT2D eigenvalue weighted by molar-refractivity contribution is 5.89. The summed E-state index contributed by atoms with van der Waals surface area (Å²) in [5, 5.41) is 43.4. The van der Waals surface area contributed by atoms with Crippen molar-refractivity contribution in [1.29, 1.82) is 0 Å². The lowest BCUT2D eigenvalue weighted by Crippen LogP contribution is -2.31. The molecule has 12 nitrogen and oxygen atoms in total. The summed E-state index contributed by atoms with van der Waals surface area (Å²) in [6, 6.07) is -0.820. The fourth-order valence-electron chi connectivity index (χ4n) is 1.47. The highest BCUT2D eigenvalue weighted by atomic mass is 16.6. The maximum Gasteiger partial charge on any atom is 0.377 e. The SMILES string of the molecule is NC(N)=NCCC[C@H](N)C(=O)O.O=C1O[C@H]([C@@H](O)CO)C(O)=C1O. The predicted octanol–water partition coefficient (Wildman–Crippen LogP) is -2.96. The van der Waals surface area contributed by atoms with Crippen LogP contribution in [0.25, 0.3) is 0 Å². The minimum atomic E-state index is -1.42. The molecule has 0 aliphatic carbocycles. The van der Waals surface area contributed by atoms with Gasteiger partial charge in [0.25, 0.3) is 0 Å². The molecule has 0 bridgehead atoms. The number of nitrogens with zero attached hydrogens (tertiary/aromatic N) is 1. The van der Waals surface area contributed by atoms with Crippen molar-refractivity contribution in [2.45, 2.75) is 31.1 Å². The summed E-state index contributed by atoms with van der Waals surface area (Å²) >= 11 is 0. The monoisotopic (exact) mass is 350 g/mol. The van der Waals surface area contributed by atoms with Crippen LogP contribution in [0.15, 0.2) is 16.5 Å². The number of aliphatic carboxylic acids is 1. The van der Waals surface area contributed by atoms with E-state index >= 15 is 0 Å². The minimum Gasteiger partial charge on any atom is -0.505 e. The number of hydrogen-bond donors (Lipinski definition) is 8. The third-order valence-electron chi connectivity index (χ3n) is 2.76. The number of carboxylic acid groups (broad SMARTS) is 1. The van der Waals surface area contributed by atoms with Crippen LogP contribution in [0, 0.1) is 0 Å². The maximum absolute atomic E-state index is 10.5. The maximum atomic E-state index is 10.5. The molecular formula is C12H22N4O8. The zero-order valence-corrected chi connectivity index (χ0v) is 12.7. The highest BCUT2D eigenvalue weighted by Crippen LogP contribution is 2.20. The Morgan fingerprint density at radius 3 is 2.29 bits per heavy atom. The van der Waals surface area contributed by atoms with Crippen LogP contribution in [0.5, 0.6) is 0 Å². The molecule has 0 aromatic rings. The number of aliphatic hydroxyl groups is 4. The molecule has 12 heteroatoms. The third kappa shape index (κ3) is 7.13. The van der Waals surface area contributed by atoms with E-state index in [-0.39, 0.29) is 5.96 Å². The van der Waals surface area contributed by atoms with Gasteiger partial charge >= 0.3 is 11.9 Å². The van der Waals surface area contributed by atoms with Crippen molar-refractivity contribution in [3.8, 4) is 0 Å². The van der Waals surface area contributed by atoms with Gasteiger partial charge in [-0.3, -0.25) is 9.79 Å². The molecule has 3 atom stereocenters. The van der Waals surface area contributed by atoms with Crippen molar-refractivity contribution in [2.75, 3.05) is 13.2 Å². The molecule has 1 aliphatic rings. The first-order valence-electron chi connectivity index (χ1n) is 6.77. The van der Waals surface area contributed by atoms with Gasteiger partial charge in [0.1, 0.15) is 12.1 Å². The van der Waals surface area contributed by atoms with Gasteiger partial charge in [-0.2, -0.15) is 0 Å². The van der Waals surface area contributed by atoms with Gasteiger partial charge in [0, 0.05) is 6.54 Å². The van der Waals surface area contributed by atoms with Crippen molar-refractivity contribution in [3.05, 3.63) is 11.5 Å². The molecule has 24 heavy (non-hydrogen) atoms. The first-order chi connectivity index (χ1) is 11.1. The van der Waals surface area contributed by atoms with Gasteiger partial charge in [-0.05, 0) is 12.8 Å². The van der Waals surface area contributed by atoms with Gasteiger partial charge in [-0.15, -0.1) is 0 Å². The summed E-state index contributed by atoms with van der Waals surface area (Å²) in [6.45, 7) is -0.251. The van der Waals surface area contributed by atoms with Crippen LogP contribution >= 0.6 is 0 Å². The fourth-order valence-corrected chi connectivity index (χ4v) is 1.47. The molecule has 1 heterocycles. The van der Waals surface area contributed by atoms with E-state index in [0.717, 1.165) is 0 Å². The van der Waals surface area contributed by atoms with Crippen LogP contribution < -0.4 is 17.2 Å². The second-order valence-electron chi connectivity index (χ2n) is 4.70. The van der Waals surface area contributed by atoms with E-state index < -0.39 is 48.3 Å². The summed E-state index contributed by atoms with van der Waals surface area (Å²) < 4.78 is 4.32. The molecule has 0 radical (unpaired) electrons. The van der Waals surface area contributed by atoms with Crippen molar-refractivity contribution >= 4 is 17.9 Å². The molecule has 0 spiro atoms. The number of aliphatic hydroxyl groups excluding tert-OH is 4. The molecule has 1 rings (SSSR count). The number of carbonyl (C=O) groups is 2. The Labute approximate surface area is 136 Å². The Balaban J connectivity index is 0.000000441. The first kappa shape index (κ1) is 21.4. The number of hydrogen-bond acceptors (Lipinski definition) is 9. The number of esters is 1. The molecule has 0 saturated carbocycles. The minimum absolute atomic E-state index is 0.0129. The van der Waals surface area contributed by atoms with Crippen molar-refractivity contribution in [3.63, 3.8) is 0 Å². The van der Waals surface area contributed by atoms with Gasteiger partial charge < -0.3 is 47.5 Å². The molecule has 0 unspecified atom stereocenters. The average Bonchev–Trinajstić information content (AvgIpc) is 2.78. The van der Waals surface area contributed by atoms with Crippen LogP contribution in [0.2, 0.25) is 0 Å². The van der Waals surface area contributed by atoms with E-state index in [9.17, 15) is 9.59 Å². The zero-order chi connectivity index (χ0) is 18.9. The van der Waals surface area contributed by atoms with Crippen molar-refractivity contribution in [2.24, 2.45) is 22.2 Å². The van der Waals surface area contributed by atoms with Gasteiger partial charge in [0.15, 0.2) is 17.8 Å². The molecule has 0 aromatic heterocycles. The zero-order valence-electron chi connectivity index (χ0n) is 12.7. The Morgan fingerprint density at radius 2 is 1.92 bits per heavy atom. The average molecular weight is 350 g/mol. The van der Waals surface area contributed by atoms with E-state index in [4.69, 9.17) is 42.7 Å². The molecular weight excluding hydrogens is 328 g/mol. The van der Waals surface area contributed by atoms with E-state index in [1.807, 2.05) is 0 Å². The smallest absolute Gasteiger partial charge is 0.377 e. The normalized spacial score (nSPS) is 19.0. The number of cyclic esters (lactones) is 1. The molecule has 0 fully saturated rings. The van der Waals surface area contributed by atoms with Gasteiger partial charge in [-0.1, -0.05) is 0 Å². The van der Waals surface area contributed by atoms with Crippen molar-refractivity contribution in [1.82, 2.24) is 0 Å². The van der Waals surface area contributed by atoms with E-state index in [1.54, 1.807) is 0 Å². The van der Waals surface area contributed by atoms with Crippen LogP contribution in [0.3, 0.4) is 0 Å². The second-order valence-corrected chi connectivity index (χ2v) is 4.70.